The van der Waals surface area contributed by atoms with E-state index in [0.717, 1.165) is 30.4 Å². The van der Waals surface area contributed by atoms with Crippen LogP contribution in [0.25, 0.3) is 10.9 Å². The highest BCUT2D eigenvalue weighted by atomic mass is 16.2. The molecule has 1 amide bonds. The van der Waals surface area contributed by atoms with Crippen LogP contribution in [0.2, 0.25) is 0 Å². The van der Waals surface area contributed by atoms with E-state index in [9.17, 15) is 4.79 Å². The van der Waals surface area contributed by atoms with E-state index in [4.69, 9.17) is 0 Å². The number of carbonyl (C=O) groups excluding carboxylic acids is 1. The van der Waals surface area contributed by atoms with Crippen LogP contribution in [-0.2, 0) is 0 Å². The number of likely N-dealkylation sites (N-methyl/N-ethyl adjacent to an activating group) is 1. The second kappa shape index (κ2) is 4.42. The molecular weight excluding hydrogens is 228 g/mol. The smallest absolute Gasteiger partial charge is 0.275 e. The Morgan fingerprint density at radius 3 is 3.06 bits per heavy atom. The van der Waals surface area contributed by atoms with E-state index in [2.05, 4.69) is 15.5 Å². The lowest BCUT2D eigenvalue weighted by molar-refractivity contribution is 0.0739. The Morgan fingerprint density at radius 1 is 1.44 bits per heavy atom. The van der Waals surface area contributed by atoms with Gasteiger partial charge in [0.2, 0.25) is 0 Å². The number of carbonyl (C=O) groups is 1. The molecule has 0 radical (unpaired) electrons. The van der Waals surface area contributed by atoms with E-state index in [1.165, 1.54) is 0 Å². The first-order chi connectivity index (χ1) is 8.77. The maximum absolute atomic E-state index is 12.4. The normalized spacial score (nSPS) is 19.3. The molecule has 2 heterocycles. The molecule has 1 aromatic heterocycles. The summed E-state index contributed by atoms with van der Waals surface area (Å²) in [5.41, 5.74) is 1.42. The monoisotopic (exact) mass is 244 g/mol. The van der Waals surface area contributed by atoms with E-state index in [0.29, 0.717) is 5.69 Å². The van der Waals surface area contributed by atoms with Gasteiger partial charge < -0.3 is 10.2 Å². The van der Waals surface area contributed by atoms with E-state index in [1.807, 2.05) is 31.3 Å². The van der Waals surface area contributed by atoms with Gasteiger partial charge in [-0.25, -0.2) is 0 Å². The second-order valence-corrected chi connectivity index (χ2v) is 4.68. The number of para-hydroxylation sites is 1. The van der Waals surface area contributed by atoms with Gasteiger partial charge >= 0.3 is 0 Å². The number of fused-ring (bicyclic) bond motifs is 1. The molecule has 1 aliphatic heterocycles. The fourth-order valence-electron chi connectivity index (χ4n) is 2.43. The molecule has 5 heteroatoms. The highest BCUT2D eigenvalue weighted by Crippen LogP contribution is 2.18. The summed E-state index contributed by atoms with van der Waals surface area (Å²) in [6.07, 6.45) is 1.00. The lowest BCUT2D eigenvalue weighted by atomic mass is 10.1. The number of hydrogen-bond donors (Lipinski definition) is 2. The summed E-state index contributed by atoms with van der Waals surface area (Å²) in [6.45, 7) is 1.84. The Labute approximate surface area is 105 Å². The molecule has 1 fully saturated rings. The molecular formula is C13H16N4O. The van der Waals surface area contributed by atoms with E-state index in [-0.39, 0.29) is 11.9 Å². The number of benzene rings is 1. The van der Waals surface area contributed by atoms with Gasteiger partial charge in [-0.1, -0.05) is 18.2 Å². The Balaban J connectivity index is 1.91. The van der Waals surface area contributed by atoms with Crippen molar-refractivity contribution < 1.29 is 4.79 Å². The number of amides is 1. The third-order valence-corrected chi connectivity index (χ3v) is 3.58. The van der Waals surface area contributed by atoms with Crippen molar-refractivity contribution >= 4 is 16.8 Å². The molecule has 2 aromatic rings. The van der Waals surface area contributed by atoms with Crippen LogP contribution >= 0.6 is 0 Å². The van der Waals surface area contributed by atoms with Crippen LogP contribution in [0, 0.1) is 0 Å². The van der Waals surface area contributed by atoms with Crippen molar-refractivity contribution in [2.45, 2.75) is 12.5 Å². The van der Waals surface area contributed by atoms with Gasteiger partial charge in [-0.05, 0) is 19.0 Å². The summed E-state index contributed by atoms with van der Waals surface area (Å²) in [6, 6.07) is 7.97. The Kier molecular flexibility index (Phi) is 2.76. The first kappa shape index (κ1) is 11.2. The van der Waals surface area contributed by atoms with Crippen molar-refractivity contribution in [1.29, 1.82) is 0 Å². The SMILES string of the molecule is CN(C(=O)c1n[nH]c2ccccc12)C1CCNC1. The fourth-order valence-corrected chi connectivity index (χ4v) is 2.43. The van der Waals surface area contributed by atoms with Gasteiger partial charge in [0.15, 0.2) is 5.69 Å². The summed E-state index contributed by atoms with van der Waals surface area (Å²) >= 11 is 0. The van der Waals surface area contributed by atoms with Crippen molar-refractivity contribution in [1.82, 2.24) is 20.4 Å². The summed E-state index contributed by atoms with van der Waals surface area (Å²) in [5, 5.41) is 11.2. The molecule has 0 saturated carbocycles. The highest BCUT2D eigenvalue weighted by Gasteiger charge is 2.26. The van der Waals surface area contributed by atoms with Crippen molar-refractivity contribution in [2.75, 3.05) is 20.1 Å². The Morgan fingerprint density at radius 2 is 2.28 bits per heavy atom. The lowest BCUT2D eigenvalue weighted by Gasteiger charge is -2.22. The average Bonchev–Trinajstić information content (AvgIpc) is 3.06. The molecule has 18 heavy (non-hydrogen) atoms. The molecule has 5 nitrogen and oxygen atoms in total. The summed E-state index contributed by atoms with van der Waals surface area (Å²) in [4.78, 5) is 14.2. The zero-order valence-corrected chi connectivity index (χ0v) is 10.3. The van der Waals surface area contributed by atoms with E-state index >= 15 is 0 Å². The van der Waals surface area contributed by atoms with E-state index in [1.54, 1.807) is 4.90 Å². The third kappa shape index (κ3) is 1.76. The van der Waals surface area contributed by atoms with Crippen LogP contribution in [-0.4, -0.2) is 47.2 Å². The van der Waals surface area contributed by atoms with Crippen LogP contribution in [0.5, 0.6) is 0 Å². The number of hydrogen-bond acceptors (Lipinski definition) is 3. The maximum Gasteiger partial charge on any atom is 0.275 e. The zero-order valence-electron chi connectivity index (χ0n) is 10.3. The van der Waals surface area contributed by atoms with Crippen molar-refractivity contribution in [2.24, 2.45) is 0 Å². The average molecular weight is 244 g/mol. The minimum absolute atomic E-state index is 0.0128. The predicted molar refractivity (Wildman–Crippen MR) is 69.5 cm³/mol. The number of rotatable bonds is 2. The number of aromatic nitrogens is 2. The van der Waals surface area contributed by atoms with Crippen molar-refractivity contribution in [3.05, 3.63) is 30.0 Å². The topological polar surface area (TPSA) is 61.0 Å². The molecule has 2 N–H and O–H groups in total. The molecule has 1 unspecified atom stereocenters. The van der Waals surface area contributed by atoms with Gasteiger partial charge in [0.1, 0.15) is 0 Å². The minimum atomic E-state index is -0.0128. The van der Waals surface area contributed by atoms with Gasteiger partial charge in [-0.2, -0.15) is 5.10 Å². The first-order valence-corrected chi connectivity index (χ1v) is 6.18. The molecule has 3 rings (SSSR count). The minimum Gasteiger partial charge on any atom is -0.336 e. The van der Waals surface area contributed by atoms with Crippen LogP contribution in [0.3, 0.4) is 0 Å². The van der Waals surface area contributed by atoms with Gasteiger partial charge in [0.25, 0.3) is 5.91 Å². The number of nitrogens with one attached hydrogen (secondary N) is 2. The standard InChI is InChI=1S/C13H16N4O/c1-17(9-6-7-14-8-9)13(18)12-10-4-2-3-5-11(10)15-16-12/h2-5,9,14H,6-8H2,1H3,(H,15,16). The lowest BCUT2D eigenvalue weighted by Crippen LogP contribution is -2.38. The largest absolute Gasteiger partial charge is 0.336 e. The van der Waals surface area contributed by atoms with E-state index < -0.39 is 0 Å². The second-order valence-electron chi connectivity index (χ2n) is 4.68. The van der Waals surface area contributed by atoms with Crippen LogP contribution in [0.15, 0.2) is 24.3 Å². The third-order valence-electron chi connectivity index (χ3n) is 3.58. The molecule has 1 saturated heterocycles. The molecule has 94 valence electrons. The predicted octanol–water partition coefficient (Wildman–Crippen LogP) is 0.997. The van der Waals surface area contributed by atoms with Crippen LogP contribution < -0.4 is 5.32 Å². The highest BCUT2D eigenvalue weighted by molar-refractivity contribution is 6.04. The quantitative estimate of drug-likeness (QED) is 0.828. The molecule has 1 aliphatic rings. The number of nitrogens with zero attached hydrogens (tertiary/aromatic N) is 2. The molecule has 1 atom stereocenters. The maximum atomic E-state index is 12.4. The first-order valence-electron chi connectivity index (χ1n) is 6.18. The number of H-pyrrole nitrogens is 1. The van der Waals surface area contributed by atoms with Gasteiger partial charge in [0, 0.05) is 25.0 Å². The Hall–Kier alpha value is -1.88. The zero-order chi connectivity index (χ0) is 12.5. The van der Waals surface area contributed by atoms with Crippen molar-refractivity contribution in [3.8, 4) is 0 Å². The Bertz CT molecular complexity index is 571. The number of aromatic amines is 1. The van der Waals surface area contributed by atoms with Crippen LogP contribution in [0.4, 0.5) is 0 Å². The van der Waals surface area contributed by atoms with Gasteiger partial charge in [-0.15, -0.1) is 0 Å². The molecule has 1 aromatic carbocycles. The summed E-state index contributed by atoms with van der Waals surface area (Å²) in [5.74, 6) is -0.0128. The van der Waals surface area contributed by atoms with Gasteiger partial charge in [-0.3, -0.25) is 9.89 Å². The summed E-state index contributed by atoms with van der Waals surface area (Å²) in [7, 11) is 1.85. The fraction of sp³-hybridized carbons (Fsp3) is 0.385. The summed E-state index contributed by atoms with van der Waals surface area (Å²) < 4.78 is 0. The van der Waals surface area contributed by atoms with Gasteiger partial charge in [0.05, 0.1) is 5.52 Å². The van der Waals surface area contributed by atoms with Crippen molar-refractivity contribution in [3.63, 3.8) is 0 Å². The molecule has 0 bridgehead atoms. The van der Waals surface area contributed by atoms with Crippen LogP contribution in [0.1, 0.15) is 16.9 Å². The molecule has 0 spiro atoms. The molecule has 0 aliphatic carbocycles.